The summed E-state index contributed by atoms with van der Waals surface area (Å²) in [6.45, 7) is 9.86. The van der Waals surface area contributed by atoms with Gasteiger partial charge in [0, 0.05) is 10.3 Å². The number of hydrogen-bond acceptors (Lipinski definition) is 3. The molecule has 15 heavy (non-hydrogen) atoms. The van der Waals surface area contributed by atoms with E-state index in [1.807, 2.05) is 27.7 Å². The molecule has 84 valence electrons. The third-order valence-electron chi connectivity index (χ3n) is 2.50. The van der Waals surface area contributed by atoms with Gasteiger partial charge in [0.15, 0.2) is 5.78 Å². The van der Waals surface area contributed by atoms with Crippen molar-refractivity contribution in [1.29, 1.82) is 0 Å². The Bertz CT molecular complexity index is 385. The minimum absolute atomic E-state index is 0.147. The molecule has 2 nitrogen and oxygen atoms in total. The van der Waals surface area contributed by atoms with Crippen molar-refractivity contribution in [2.24, 2.45) is 5.41 Å². The summed E-state index contributed by atoms with van der Waals surface area (Å²) in [6.07, 6.45) is 0.943. The van der Waals surface area contributed by atoms with Crippen molar-refractivity contribution >= 4 is 22.1 Å². The van der Waals surface area contributed by atoms with E-state index in [0.717, 1.165) is 17.5 Å². The molecule has 0 radical (unpaired) electrons. The van der Waals surface area contributed by atoms with E-state index >= 15 is 0 Å². The molecule has 0 fully saturated rings. The van der Waals surface area contributed by atoms with Gasteiger partial charge in [-0.15, -0.1) is 11.3 Å². The first kappa shape index (κ1) is 12.2. The lowest BCUT2D eigenvalue weighted by atomic mass is 9.85. The number of carbonyl (C=O) groups excluding carboxylic acids is 1. The third-order valence-corrected chi connectivity index (χ3v) is 3.77. The second kappa shape index (κ2) is 3.97. The maximum absolute atomic E-state index is 12.2. The van der Waals surface area contributed by atoms with Crippen molar-refractivity contribution < 1.29 is 4.79 Å². The molecule has 0 aromatic carbocycles. The summed E-state index contributed by atoms with van der Waals surface area (Å²) in [5.41, 5.74) is 7.37. The van der Waals surface area contributed by atoms with Crippen LogP contribution in [-0.2, 0) is 6.42 Å². The number of ketones is 1. The number of anilines is 1. The molecule has 0 aliphatic rings. The minimum Gasteiger partial charge on any atom is -0.390 e. The fourth-order valence-electron chi connectivity index (χ4n) is 1.58. The summed E-state index contributed by atoms with van der Waals surface area (Å²) in [4.78, 5) is 13.4. The van der Waals surface area contributed by atoms with E-state index < -0.39 is 0 Å². The van der Waals surface area contributed by atoms with Crippen LogP contribution in [0.3, 0.4) is 0 Å². The Kier molecular flexibility index (Phi) is 3.24. The molecule has 0 saturated carbocycles. The Hall–Kier alpha value is -0.830. The van der Waals surface area contributed by atoms with Crippen LogP contribution in [0, 0.1) is 12.3 Å². The average Bonchev–Trinajstić information content (AvgIpc) is 2.39. The second-order valence-corrected chi connectivity index (χ2v) is 5.96. The first-order valence-electron chi connectivity index (χ1n) is 5.21. The highest BCUT2D eigenvalue weighted by molar-refractivity contribution is 7.16. The van der Waals surface area contributed by atoms with Gasteiger partial charge in [-0.3, -0.25) is 4.79 Å². The van der Waals surface area contributed by atoms with E-state index in [9.17, 15) is 4.79 Å². The van der Waals surface area contributed by atoms with Crippen LogP contribution in [0.25, 0.3) is 0 Å². The largest absolute Gasteiger partial charge is 0.390 e. The van der Waals surface area contributed by atoms with Crippen LogP contribution >= 0.6 is 11.3 Å². The van der Waals surface area contributed by atoms with Crippen LogP contribution in [-0.4, -0.2) is 5.78 Å². The normalized spacial score (nSPS) is 11.8. The highest BCUT2D eigenvalue weighted by Gasteiger charge is 2.28. The standard InChI is InChI=1S/C12H19NOS/c1-6-8-7(2)9(11(13)15-8)10(14)12(3,4)5/h6,13H2,1-5H3. The van der Waals surface area contributed by atoms with Crippen LogP contribution in [0.1, 0.15) is 48.5 Å². The number of thiophene rings is 1. The maximum atomic E-state index is 12.2. The van der Waals surface area contributed by atoms with Crippen LogP contribution in [0.15, 0.2) is 0 Å². The zero-order valence-electron chi connectivity index (χ0n) is 10.1. The Labute approximate surface area is 95.5 Å². The predicted molar refractivity (Wildman–Crippen MR) is 66.6 cm³/mol. The molecule has 0 bridgehead atoms. The Balaban J connectivity index is 3.26. The highest BCUT2D eigenvalue weighted by atomic mass is 32.1. The van der Waals surface area contributed by atoms with E-state index in [0.29, 0.717) is 5.00 Å². The number of nitrogen functional groups attached to an aromatic ring is 1. The van der Waals surface area contributed by atoms with Crippen LogP contribution in [0.5, 0.6) is 0 Å². The van der Waals surface area contributed by atoms with Gasteiger partial charge in [-0.2, -0.15) is 0 Å². The second-order valence-electron chi connectivity index (χ2n) is 4.82. The molecule has 0 unspecified atom stereocenters. The number of Topliss-reactive ketones (excluding diaryl/α,β-unsaturated/α-hetero) is 1. The molecule has 0 aliphatic heterocycles. The summed E-state index contributed by atoms with van der Waals surface area (Å²) >= 11 is 1.54. The molecule has 0 spiro atoms. The SMILES string of the molecule is CCc1sc(N)c(C(=O)C(C)(C)C)c1C. The first-order valence-corrected chi connectivity index (χ1v) is 6.03. The molecule has 1 heterocycles. The summed E-state index contributed by atoms with van der Waals surface area (Å²) in [7, 11) is 0. The van der Waals surface area contributed by atoms with Gasteiger partial charge in [0.05, 0.1) is 10.6 Å². The van der Waals surface area contributed by atoms with Crippen molar-refractivity contribution in [2.45, 2.75) is 41.0 Å². The number of aryl methyl sites for hydroxylation is 1. The zero-order chi connectivity index (χ0) is 11.8. The number of rotatable bonds is 2. The van der Waals surface area contributed by atoms with Crippen molar-refractivity contribution in [3.05, 3.63) is 16.0 Å². The molecule has 2 N–H and O–H groups in total. The monoisotopic (exact) mass is 225 g/mol. The number of nitrogens with two attached hydrogens (primary N) is 1. The molecular formula is C12H19NOS. The van der Waals surface area contributed by atoms with Crippen molar-refractivity contribution in [3.63, 3.8) is 0 Å². The summed E-state index contributed by atoms with van der Waals surface area (Å²) in [6, 6.07) is 0. The van der Waals surface area contributed by atoms with Crippen molar-refractivity contribution in [3.8, 4) is 0 Å². The van der Waals surface area contributed by atoms with Crippen LogP contribution in [0.2, 0.25) is 0 Å². The number of carbonyl (C=O) groups is 1. The molecule has 1 aromatic rings. The molecular weight excluding hydrogens is 206 g/mol. The topological polar surface area (TPSA) is 43.1 Å². The van der Waals surface area contributed by atoms with Gasteiger partial charge in [-0.1, -0.05) is 27.7 Å². The van der Waals surface area contributed by atoms with Crippen LogP contribution < -0.4 is 5.73 Å². The highest BCUT2D eigenvalue weighted by Crippen LogP contribution is 2.35. The lowest BCUT2D eigenvalue weighted by Crippen LogP contribution is -2.21. The molecule has 1 aromatic heterocycles. The first-order chi connectivity index (χ1) is 6.79. The average molecular weight is 225 g/mol. The molecule has 0 aliphatic carbocycles. The quantitative estimate of drug-likeness (QED) is 0.784. The predicted octanol–water partition coefficient (Wildman–Crippen LogP) is 3.43. The van der Waals surface area contributed by atoms with Gasteiger partial charge < -0.3 is 5.73 Å². The third kappa shape index (κ3) is 2.23. The smallest absolute Gasteiger partial charge is 0.171 e. The lowest BCUT2D eigenvalue weighted by Gasteiger charge is -2.17. The van der Waals surface area contributed by atoms with Crippen molar-refractivity contribution in [1.82, 2.24) is 0 Å². The summed E-state index contributed by atoms with van der Waals surface area (Å²) in [5.74, 6) is 0.147. The van der Waals surface area contributed by atoms with Gasteiger partial charge in [0.25, 0.3) is 0 Å². The minimum atomic E-state index is -0.356. The Morgan fingerprint density at radius 2 is 1.93 bits per heavy atom. The van der Waals surface area contributed by atoms with Crippen LogP contribution in [0.4, 0.5) is 5.00 Å². The Morgan fingerprint density at radius 3 is 2.27 bits per heavy atom. The van der Waals surface area contributed by atoms with E-state index in [4.69, 9.17) is 5.73 Å². The van der Waals surface area contributed by atoms with Gasteiger partial charge in [0.1, 0.15) is 0 Å². The zero-order valence-corrected chi connectivity index (χ0v) is 10.9. The molecule has 0 atom stereocenters. The lowest BCUT2D eigenvalue weighted by molar-refractivity contribution is 0.0859. The van der Waals surface area contributed by atoms with Gasteiger partial charge in [-0.25, -0.2) is 0 Å². The number of hydrogen-bond donors (Lipinski definition) is 1. The summed E-state index contributed by atoms with van der Waals surface area (Å²) < 4.78 is 0. The van der Waals surface area contributed by atoms with E-state index in [1.165, 1.54) is 4.88 Å². The van der Waals surface area contributed by atoms with Gasteiger partial charge in [0.2, 0.25) is 0 Å². The van der Waals surface area contributed by atoms with Gasteiger partial charge in [-0.05, 0) is 18.9 Å². The van der Waals surface area contributed by atoms with Gasteiger partial charge >= 0.3 is 0 Å². The fourth-order valence-corrected chi connectivity index (χ4v) is 2.59. The molecule has 3 heteroatoms. The Morgan fingerprint density at radius 1 is 1.40 bits per heavy atom. The molecule has 0 amide bonds. The molecule has 0 saturated heterocycles. The van der Waals surface area contributed by atoms with Crippen molar-refractivity contribution in [2.75, 3.05) is 5.73 Å². The van der Waals surface area contributed by atoms with E-state index in [1.54, 1.807) is 11.3 Å². The fraction of sp³-hybridized carbons (Fsp3) is 0.583. The van der Waals surface area contributed by atoms with E-state index in [2.05, 4.69) is 6.92 Å². The molecule has 1 rings (SSSR count). The van der Waals surface area contributed by atoms with E-state index in [-0.39, 0.29) is 11.2 Å². The maximum Gasteiger partial charge on any atom is 0.171 e. The summed E-state index contributed by atoms with van der Waals surface area (Å²) in [5, 5.41) is 0.671.